The second-order valence-electron chi connectivity index (χ2n) is 5.95. The maximum Gasteiger partial charge on any atom is 0.160 e. The van der Waals surface area contributed by atoms with E-state index in [-0.39, 0.29) is 5.78 Å². The number of hydrogen-bond acceptors (Lipinski definition) is 1. The highest BCUT2D eigenvalue weighted by molar-refractivity contribution is 6.00. The van der Waals surface area contributed by atoms with Crippen LogP contribution in [0.15, 0.2) is 30.3 Å². The summed E-state index contributed by atoms with van der Waals surface area (Å²) >= 11 is 0. The summed E-state index contributed by atoms with van der Waals surface area (Å²) in [6, 6.07) is 11.0. The van der Waals surface area contributed by atoms with Crippen molar-refractivity contribution in [2.75, 3.05) is 0 Å². The fourth-order valence-electron chi connectivity index (χ4n) is 2.83. The van der Waals surface area contributed by atoms with Gasteiger partial charge in [0.05, 0.1) is 0 Å². The molecule has 0 N–H and O–H groups in total. The highest BCUT2D eigenvalue weighted by Crippen LogP contribution is 2.24. The number of fused-ring (bicyclic) bond motifs is 1. The summed E-state index contributed by atoms with van der Waals surface area (Å²) in [5.41, 5.74) is 3.52. The zero-order valence-electron chi connectivity index (χ0n) is 13.5. The van der Waals surface area contributed by atoms with Crippen molar-refractivity contribution in [3.05, 3.63) is 47.0 Å². The number of unbranched alkanes of at least 4 members (excludes halogenated alkanes) is 2. The summed E-state index contributed by atoms with van der Waals surface area (Å²) in [7, 11) is 0. The maximum atomic E-state index is 11.9. The predicted molar refractivity (Wildman–Crippen MR) is 91.2 cm³/mol. The molecular weight excluding hydrogens is 256 g/mol. The molecule has 1 heteroatoms. The van der Waals surface area contributed by atoms with Gasteiger partial charge >= 0.3 is 0 Å². The first-order valence-electron chi connectivity index (χ1n) is 8.22. The summed E-state index contributed by atoms with van der Waals surface area (Å²) in [6.45, 7) is 6.09. The van der Waals surface area contributed by atoms with E-state index in [1.807, 2.05) is 0 Å². The highest BCUT2D eigenvalue weighted by atomic mass is 16.1. The Morgan fingerprint density at radius 2 is 1.62 bits per heavy atom. The van der Waals surface area contributed by atoms with Gasteiger partial charge in [-0.1, -0.05) is 51.0 Å². The van der Waals surface area contributed by atoms with E-state index >= 15 is 0 Å². The van der Waals surface area contributed by atoms with Crippen LogP contribution < -0.4 is 0 Å². The Hall–Kier alpha value is -1.63. The van der Waals surface area contributed by atoms with Crippen LogP contribution in [0, 0.1) is 0 Å². The van der Waals surface area contributed by atoms with Crippen LogP contribution in [0.3, 0.4) is 0 Å². The summed E-state index contributed by atoms with van der Waals surface area (Å²) < 4.78 is 0. The van der Waals surface area contributed by atoms with Crippen LogP contribution in [0.4, 0.5) is 0 Å². The number of carbonyl (C=O) groups is 1. The lowest BCUT2D eigenvalue weighted by atomic mass is 9.94. The topological polar surface area (TPSA) is 17.1 Å². The van der Waals surface area contributed by atoms with Gasteiger partial charge in [0.1, 0.15) is 0 Å². The summed E-state index contributed by atoms with van der Waals surface area (Å²) in [5, 5.41) is 2.46. The first-order valence-corrected chi connectivity index (χ1v) is 8.22. The van der Waals surface area contributed by atoms with Crippen LogP contribution in [-0.2, 0) is 12.8 Å². The molecular formula is C20H26O. The zero-order chi connectivity index (χ0) is 15.2. The lowest BCUT2D eigenvalue weighted by molar-refractivity contribution is 0.101. The maximum absolute atomic E-state index is 11.9. The Labute approximate surface area is 128 Å². The standard InChI is InChI=1S/C20H26O/c1-4-6-8-16-10-11-17-14-20(15(3)21)18(9-7-5-2)13-19(17)12-16/h10-14H,4-9H2,1-3H3. The van der Waals surface area contributed by atoms with Crippen molar-refractivity contribution in [1.82, 2.24) is 0 Å². The molecule has 1 nitrogen and oxygen atoms in total. The highest BCUT2D eigenvalue weighted by Gasteiger charge is 2.09. The summed E-state index contributed by atoms with van der Waals surface area (Å²) in [5.74, 6) is 0.179. The van der Waals surface area contributed by atoms with Crippen molar-refractivity contribution < 1.29 is 4.79 Å². The minimum atomic E-state index is 0.179. The second kappa shape index (κ2) is 7.40. The fraction of sp³-hybridized carbons (Fsp3) is 0.450. The zero-order valence-corrected chi connectivity index (χ0v) is 13.5. The minimum absolute atomic E-state index is 0.179. The van der Waals surface area contributed by atoms with Gasteiger partial charge in [-0.2, -0.15) is 0 Å². The van der Waals surface area contributed by atoms with Crippen LogP contribution >= 0.6 is 0 Å². The molecule has 0 aliphatic heterocycles. The van der Waals surface area contributed by atoms with Gasteiger partial charge < -0.3 is 0 Å². The lowest BCUT2D eigenvalue weighted by Crippen LogP contribution is -2.00. The van der Waals surface area contributed by atoms with Crippen molar-refractivity contribution in [3.63, 3.8) is 0 Å². The van der Waals surface area contributed by atoms with Crippen molar-refractivity contribution in [3.8, 4) is 0 Å². The lowest BCUT2D eigenvalue weighted by Gasteiger charge is -2.10. The molecule has 2 rings (SSSR count). The first-order chi connectivity index (χ1) is 10.2. The molecule has 21 heavy (non-hydrogen) atoms. The smallest absolute Gasteiger partial charge is 0.160 e. The summed E-state index contributed by atoms with van der Waals surface area (Å²) in [6.07, 6.45) is 6.90. The molecule has 0 bridgehead atoms. The monoisotopic (exact) mass is 282 g/mol. The van der Waals surface area contributed by atoms with E-state index in [9.17, 15) is 4.79 Å². The molecule has 2 aromatic rings. The van der Waals surface area contributed by atoms with Gasteiger partial charge in [0.2, 0.25) is 0 Å². The number of benzene rings is 2. The first kappa shape index (κ1) is 15.8. The molecule has 0 heterocycles. The van der Waals surface area contributed by atoms with Crippen molar-refractivity contribution in [2.24, 2.45) is 0 Å². The third-order valence-electron chi connectivity index (χ3n) is 4.12. The molecule has 0 saturated carbocycles. The van der Waals surface area contributed by atoms with E-state index in [0.29, 0.717) is 0 Å². The number of carbonyl (C=O) groups excluding carboxylic acids is 1. The van der Waals surface area contributed by atoms with Gasteiger partial charge in [-0.3, -0.25) is 4.79 Å². The van der Waals surface area contributed by atoms with E-state index in [2.05, 4.69) is 44.2 Å². The normalized spacial score (nSPS) is 11.0. The molecule has 0 unspecified atom stereocenters. The molecule has 0 aromatic heterocycles. The second-order valence-corrected chi connectivity index (χ2v) is 5.95. The minimum Gasteiger partial charge on any atom is -0.295 e. The molecule has 0 radical (unpaired) electrons. The van der Waals surface area contributed by atoms with Gasteiger partial charge in [0.25, 0.3) is 0 Å². The van der Waals surface area contributed by atoms with Crippen molar-refractivity contribution >= 4 is 16.6 Å². The quantitative estimate of drug-likeness (QED) is 0.593. The third-order valence-corrected chi connectivity index (χ3v) is 4.12. The van der Waals surface area contributed by atoms with Crippen LogP contribution in [-0.4, -0.2) is 5.78 Å². The molecule has 0 saturated heterocycles. The molecule has 112 valence electrons. The van der Waals surface area contributed by atoms with E-state index in [1.165, 1.54) is 34.7 Å². The van der Waals surface area contributed by atoms with Crippen molar-refractivity contribution in [1.29, 1.82) is 0 Å². The van der Waals surface area contributed by atoms with Gasteiger partial charge in [0, 0.05) is 5.56 Å². The average Bonchev–Trinajstić information content (AvgIpc) is 2.49. The molecule has 0 atom stereocenters. The van der Waals surface area contributed by atoms with Gasteiger partial charge in [0.15, 0.2) is 5.78 Å². The molecule has 0 aliphatic carbocycles. The Bertz CT molecular complexity index is 625. The Balaban J connectivity index is 2.43. The largest absolute Gasteiger partial charge is 0.295 e. The number of rotatable bonds is 7. The van der Waals surface area contributed by atoms with E-state index in [4.69, 9.17) is 0 Å². The Kier molecular flexibility index (Phi) is 5.55. The number of hydrogen-bond donors (Lipinski definition) is 0. The molecule has 2 aromatic carbocycles. The molecule has 0 amide bonds. The molecule has 0 fully saturated rings. The van der Waals surface area contributed by atoms with Crippen LogP contribution in [0.2, 0.25) is 0 Å². The third kappa shape index (κ3) is 3.93. The van der Waals surface area contributed by atoms with Crippen molar-refractivity contribution in [2.45, 2.75) is 59.3 Å². The molecule has 0 aliphatic rings. The average molecular weight is 282 g/mol. The number of Topliss-reactive ketones (excluding diaryl/α,β-unsaturated/α-hetero) is 1. The number of aryl methyl sites for hydroxylation is 2. The number of ketones is 1. The molecule has 0 spiro atoms. The van der Waals surface area contributed by atoms with Crippen LogP contribution in [0.25, 0.3) is 10.8 Å². The van der Waals surface area contributed by atoms with E-state index in [1.54, 1.807) is 6.92 Å². The van der Waals surface area contributed by atoms with Gasteiger partial charge in [-0.25, -0.2) is 0 Å². The predicted octanol–water partition coefficient (Wildman–Crippen LogP) is 5.73. The SMILES string of the molecule is CCCCc1ccc2cc(C(C)=O)c(CCCC)cc2c1. The van der Waals surface area contributed by atoms with E-state index < -0.39 is 0 Å². The van der Waals surface area contributed by atoms with Crippen LogP contribution in [0.5, 0.6) is 0 Å². The Morgan fingerprint density at radius 3 is 2.29 bits per heavy atom. The summed E-state index contributed by atoms with van der Waals surface area (Å²) in [4.78, 5) is 11.9. The Morgan fingerprint density at radius 1 is 0.905 bits per heavy atom. The van der Waals surface area contributed by atoms with E-state index in [0.717, 1.165) is 31.2 Å². The van der Waals surface area contributed by atoms with Gasteiger partial charge in [-0.15, -0.1) is 0 Å². The van der Waals surface area contributed by atoms with Gasteiger partial charge in [-0.05, 0) is 60.6 Å². The van der Waals surface area contributed by atoms with Crippen LogP contribution in [0.1, 0.15) is 67.9 Å². The fourth-order valence-corrected chi connectivity index (χ4v) is 2.83.